The molecule has 96 valence electrons. The molecule has 0 aromatic carbocycles. The van der Waals surface area contributed by atoms with Gasteiger partial charge in [0.2, 0.25) is 10.0 Å². The summed E-state index contributed by atoms with van der Waals surface area (Å²) in [5, 5.41) is 0. The molecule has 0 rings (SSSR count). The lowest BCUT2D eigenvalue weighted by Crippen LogP contribution is -2.45. The fourth-order valence-corrected chi connectivity index (χ4v) is 2.77. The summed E-state index contributed by atoms with van der Waals surface area (Å²) in [6.45, 7) is 3.48. The average Bonchev–Trinajstić information content (AvgIpc) is 2.22. The van der Waals surface area contributed by atoms with E-state index in [-0.39, 0.29) is 17.6 Å². The molecule has 0 radical (unpaired) electrons. The van der Waals surface area contributed by atoms with Crippen LogP contribution in [0.25, 0.3) is 0 Å². The predicted octanol–water partition coefficient (Wildman–Crippen LogP) is 0.732. The van der Waals surface area contributed by atoms with Gasteiger partial charge in [-0.05, 0) is 12.3 Å². The Balaban J connectivity index is 4.57. The number of ether oxygens (including phenoxy) is 1. The molecule has 0 aromatic heterocycles. The fraction of sp³-hybridized carbons (Fsp3) is 0.889. The van der Waals surface area contributed by atoms with Crippen LogP contribution < -0.4 is 4.72 Å². The number of carbonyl (C=O) groups is 1. The molecule has 0 amide bonds. The Morgan fingerprint density at radius 2 is 2.00 bits per heavy atom. The zero-order valence-electron chi connectivity index (χ0n) is 9.70. The first-order valence-electron chi connectivity index (χ1n) is 4.98. The third kappa shape index (κ3) is 5.67. The van der Waals surface area contributed by atoms with Crippen molar-refractivity contribution in [2.75, 3.05) is 18.7 Å². The van der Waals surface area contributed by atoms with Gasteiger partial charge in [-0.25, -0.2) is 13.1 Å². The maximum atomic E-state index is 11.5. The minimum Gasteiger partial charge on any atom is -0.468 e. The summed E-state index contributed by atoms with van der Waals surface area (Å²) in [4.78, 5) is 11.3. The zero-order chi connectivity index (χ0) is 12.8. The van der Waals surface area contributed by atoms with Gasteiger partial charge in [-0.2, -0.15) is 0 Å². The van der Waals surface area contributed by atoms with Crippen LogP contribution in [0.15, 0.2) is 0 Å². The number of sulfonamides is 1. The lowest BCUT2D eigenvalue weighted by molar-refractivity contribution is -0.143. The average molecular weight is 272 g/mol. The number of halogens is 1. The Bertz CT molecular complexity index is 315. The van der Waals surface area contributed by atoms with Crippen LogP contribution in [0.3, 0.4) is 0 Å². The van der Waals surface area contributed by atoms with Crippen molar-refractivity contribution < 1.29 is 17.9 Å². The van der Waals surface area contributed by atoms with Gasteiger partial charge in [0.15, 0.2) is 0 Å². The van der Waals surface area contributed by atoms with Crippen molar-refractivity contribution in [3.8, 4) is 0 Å². The van der Waals surface area contributed by atoms with Crippen molar-refractivity contribution in [1.82, 2.24) is 4.72 Å². The van der Waals surface area contributed by atoms with E-state index in [0.29, 0.717) is 6.42 Å². The molecule has 0 aliphatic rings. The van der Waals surface area contributed by atoms with Crippen LogP contribution in [0.2, 0.25) is 0 Å². The standard InChI is InChI=1S/C9H18ClNO4S/c1-7(2)8(9(12)15-3)11-16(13,14)6-4-5-10/h7-8,11H,4-6H2,1-3H3/t8-/m0/s1. The summed E-state index contributed by atoms with van der Waals surface area (Å²) >= 11 is 5.41. The van der Waals surface area contributed by atoms with E-state index in [2.05, 4.69) is 9.46 Å². The summed E-state index contributed by atoms with van der Waals surface area (Å²) < 4.78 is 29.9. The minimum atomic E-state index is -3.48. The van der Waals surface area contributed by atoms with Crippen LogP contribution >= 0.6 is 11.6 Å². The third-order valence-corrected chi connectivity index (χ3v) is 3.68. The maximum absolute atomic E-state index is 11.5. The third-order valence-electron chi connectivity index (χ3n) is 1.98. The molecule has 1 atom stereocenters. The molecular formula is C9H18ClNO4S. The van der Waals surface area contributed by atoms with E-state index in [1.54, 1.807) is 13.8 Å². The van der Waals surface area contributed by atoms with Crippen molar-refractivity contribution in [2.45, 2.75) is 26.3 Å². The van der Waals surface area contributed by atoms with Crippen LogP contribution in [0.1, 0.15) is 20.3 Å². The Morgan fingerprint density at radius 3 is 2.38 bits per heavy atom. The maximum Gasteiger partial charge on any atom is 0.324 e. The number of hydrogen-bond donors (Lipinski definition) is 1. The molecular weight excluding hydrogens is 254 g/mol. The van der Waals surface area contributed by atoms with E-state index < -0.39 is 22.0 Å². The molecule has 0 spiro atoms. The Kier molecular flexibility index (Phi) is 6.94. The summed E-state index contributed by atoms with van der Waals surface area (Å²) in [5.74, 6) is -0.565. The lowest BCUT2D eigenvalue weighted by atomic mass is 10.1. The summed E-state index contributed by atoms with van der Waals surface area (Å²) in [7, 11) is -2.25. The highest BCUT2D eigenvalue weighted by molar-refractivity contribution is 7.89. The molecule has 0 saturated carbocycles. The Labute approximate surface area is 102 Å². The van der Waals surface area contributed by atoms with Crippen molar-refractivity contribution >= 4 is 27.6 Å². The molecule has 0 aliphatic heterocycles. The van der Waals surface area contributed by atoms with Crippen molar-refractivity contribution in [3.05, 3.63) is 0 Å². The number of methoxy groups -OCH3 is 1. The molecule has 16 heavy (non-hydrogen) atoms. The van der Waals surface area contributed by atoms with Crippen molar-refractivity contribution in [1.29, 1.82) is 0 Å². The highest BCUT2D eigenvalue weighted by atomic mass is 35.5. The van der Waals surface area contributed by atoms with Crippen molar-refractivity contribution in [2.24, 2.45) is 5.92 Å². The number of alkyl halides is 1. The molecule has 5 nitrogen and oxygen atoms in total. The van der Waals surface area contributed by atoms with Gasteiger partial charge in [-0.3, -0.25) is 4.79 Å². The number of carbonyl (C=O) groups excluding carboxylic acids is 1. The van der Waals surface area contributed by atoms with E-state index in [0.717, 1.165) is 0 Å². The first-order chi connectivity index (χ1) is 7.34. The first kappa shape index (κ1) is 15.7. The van der Waals surface area contributed by atoms with Gasteiger partial charge in [0.05, 0.1) is 12.9 Å². The summed E-state index contributed by atoms with van der Waals surface area (Å²) in [5.41, 5.74) is 0. The van der Waals surface area contributed by atoms with Crippen LogP contribution in [0.4, 0.5) is 0 Å². The molecule has 1 N–H and O–H groups in total. The predicted molar refractivity (Wildman–Crippen MR) is 62.9 cm³/mol. The minimum absolute atomic E-state index is 0.0866. The van der Waals surface area contributed by atoms with E-state index in [1.807, 2.05) is 0 Å². The molecule has 7 heteroatoms. The summed E-state index contributed by atoms with van der Waals surface area (Å²) in [6.07, 6.45) is 0.350. The second-order valence-electron chi connectivity index (χ2n) is 3.72. The monoisotopic (exact) mass is 271 g/mol. The van der Waals surface area contributed by atoms with E-state index in [9.17, 15) is 13.2 Å². The number of hydrogen-bond acceptors (Lipinski definition) is 4. The van der Waals surface area contributed by atoms with E-state index in [1.165, 1.54) is 7.11 Å². The summed E-state index contributed by atoms with van der Waals surface area (Å²) in [6, 6.07) is -0.842. The van der Waals surface area contributed by atoms with Gasteiger partial charge >= 0.3 is 5.97 Å². The number of rotatable bonds is 7. The molecule has 0 aliphatic carbocycles. The molecule has 0 bridgehead atoms. The highest BCUT2D eigenvalue weighted by Gasteiger charge is 2.27. The normalized spacial score (nSPS) is 13.8. The second kappa shape index (κ2) is 7.09. The fourth-order valence-electron chi connectivity index (χ4n) is 1.08. The molecule has 0 saturated heterocycles. The van der Waals surface area contributed by atoms with Gasteiger partial charge < -0.3 is 4.74 Å². The molecule has 0 heterocycles. The van der Waals surface area contributed by atoms with E-state index in [4.69, 9.17) is 11.6 Å². The first-order valence-corrected chi connectivity index (χ1v) is 7.16. The number of esters is 1. The van der Waals surface area contributed by atoms with Gasteiger partial charge in [-0.15, -0.1) is 11.6 Å². The Hall–Kier alpha value is -0.330. The lowest BCUT2D eigenvalue weighted by Gasteiger charge is -2.19. The second-order valence-corrected chi connectivity index (χ2v) is 5.98. The van der Waals surface area contributed by atoms with Gasteiger partial charge in [-0.1, -0.05) is 13.8 Å². The molecule has 0 unspecified atom stereocenters. The SMILES string of the molecule is COC(=O)[C@@H](NS(=O)(=O)CCCCl)C(C)C. The largest absolute Gasteiger partial charge is 0.468 e. The quantitative estimate of drug-likeness (QED) is 0.547. The smallest absolute Gasteiger partial charge is 0.324 e. The van der Waals surface area contributed by atoms with Crippen LogP contribution in [-0.4, -0.2) is 39.2 Å². The van der Waals surface area contributed by atoms with Gasteiger partial charge in [0, 0.05) is 5.88 Å². The van der Waals surface area contributed by atoms with Crippen LogP contribution in [0, 0.1) is 5.92 Å². The van der Waals surface area contributed by atoms with Crippen molar-refractivity contribution in [3.63, 3.8) is 0 Å². The molecule has 0 fully saturated rings. The van der Waals surface area contributed by atoms with E-state index >= 15 is 0 Å². The highest BCUT2D eigenvalue weighted by Crippen LogP contribution is 2.06. The van der Waals surface area contributed by atoms with Crippen LogP contribution in [0.5, 0.6) is 0 Å². The van der Waals surface area contributed by atoms with Crippen LogP contribution in [-0.2, 0) is 19.6 Å². The van der Waals surface area contributed by atoms with Gasteiger partial charge in [0.1, 0.15) is 6.04 Å². The zero-order valence-corrected chi connectivity index (χ0v) is 11.3. The van der Waals surface area contributed by atoms with Gasteiger partial charge in [0.25, 0.3) is 0 Å². The molecule has 0 aromatic rings. The number of nitrogens with one attached hydrogen (secondary N) is 1. The Morgan fingerprint density at radius 1 is 1.44 bits per heavy atom. The topological polar surface area (TPSA) is 72.5 Å².